The maximum Gasteiger partial charge on any atom is 0.157 e. The Hall–Kier alpha value is -3.05. The molecule has 0 aliphatic heterocycles. The number of aromatic nitrogens is 1. The molecule has 0 aliphatic carbocycles. The molecular formula is C21H17NO3S. The highest BCUT2D eigenvalue weighted by Crippen LogP contribution is 2.34. The van der Waals surface area contributed by atoms with Gasteiger partial charge in [-0.15, -0.1) is 0 Å². The molecule has 0 amide bonds. The summed E-state index contributed by atoms with van der Waals surface area (Å²) in [6.45, 7) is 0. The van der Waals surface area contributed by atoms with Crippen LogP contribution in [0.5, 0.6) is 11.5 Å². The van der Waals surface area contributed by atoms with E-state index in [9.17, 15) is 9.32 Å². The average molecular weight is 363 g/mol. The summed E-state index contributed by atoms with van der Waals surface area (Å²) in [5, 5.41) is 10.8. The number of methoxy groups -OCH3 is 1. The van der Waals surface area contributed by atoms with Gasteiger partial charge in [-0.3, -0.25) is 3.97 Å². The van der Waals surface area contributed by atoms with Crippen molar-refractivity contribution in [3.05, 3.63) is 79.0 Å². The first-order valence-corrected chi connectivity index (χ1v) is 9.24. The van der Waals surface area contributed by atoms with Crippen LogP contribution in [0.4, 0.5) is 0 Å². The number of nitrogens with zero attached hydrogens (tertiary/aromatic N) is 1. The number of benzene rings is 3. The van der Waals surface area contributed by atoms with Crippen molar-refractivity contribution in [1.82, 2.24) is 3.97 Å². The molecule has 0 spiro atoms. The Labute approximate surface area is 153 Å². The van der Waals surface area contributed by atoms with Gasteiger partial charge in [-0.1, -0.05) is 30.3 Å². The highest BCUT2D eigenvalue weighted by Gasteiger charge is 2.16. The molecule has 4 rings (SSSR count). The highest BCUT2D eigenvalue weighted by atomic mass is 32.2. The normalized spacial score (nSPS) is 12.2. The van der Waals surface area contributed by atoms with Crippen LogP contribution in [-0.2, 0) is 11.0 Å². The molecule has 26 heavy (non-hydrogen) atoms. The monoisotopic (exact) mass is 363 g/mol. The zero-order valence-electron chi connectivity index (χ0n) is 14.1. The van der Waals surface area contributed by atoms with Crippen molar-refractivity contribution < 1.29 is 14.1 Å². The van der Waals surface area contributed by atoms with E-state index in [0.717, 1.165) is 32.7 Å². The lowest BCUT2D eigenvalue weighted by Gasteiger charge is -2.05. The summed E-state index contributed by atoms with van der Waals surface area (Å²) in [7, 11) is 0.250. The first kappa shape index (κ1) is 16.4. The summed E-state index contributed by atoms with van der Waals surface area (Å²) in [5.74, 6) is 0.948. The molecule has 1 atom stereocenters. The number of ether oxygens (including phenoxy) is 1. The van der Waals surface area contributed by atoms with Gasteiger partial charge in [-0.05, 0) is 48.0 Å². The van der Waals surface area contributed by atoms with E-state index in [1.54, 1.807) is 29.3 Å². The average Bonchev–Trinajstić information content (AvgIpc) is 3.06. The molecule has 0 radical (unpaired) electrons. The zero-order valence-corrected chi connectivity index (χ0v) is 14.9. The minimum absolute atomic E-state index is 0.176. The second-order valence-corrected chi connectivity index (χ2v) is 7.22. The molecule has 1 unspecified atom stereocenters. The highest BCUT2D eigenvalue weighted by molar-refractivity contribution is 7.83. The summed E-state index contributed by atoms with van der Waals surface area (Å²) in [5.41, 5.74) is 2.67. The van der Waals surface area contributed by atoms with Crippen LogP contribution in [-0.4, -0.2) is 20.4 Å². The van der Waals surface area contributed by atoms with Gasteiger partial charge in [0.15, 0.2) is 11.0 Å². The van der Waals surface area contributed by atoms with Crippen LogP contribution in [0.3, 0.4) is 0 Å². The number of phenolic OH excluding ortho intramolecular Hbond substituents is 1. The van der Waals surface area contributed by atoms with Crippen molar-refractivity contribution >= 4 is 21.9 Å². The SMILES string of the molecule is COc1ccc(-c2cn(S(=O)c3ccccc3)c3ccc(O)cc23)cc1. The van der Waals surface area contributed by atoms with Crippen LogP contribution in [0, 0.1) is 0 Å². The second kappa shape index (κ2) is 6.69. The minimum atomic E-state index is -1.38. The Balaban J connectivity index is 1.91. The van der Waals surface area contributed by atoms with Gasteiger partial charge in [0.1, 0.15) is 11.5 Å². The standard InChI is InChI=1S/C21H17NO3S/c1-25-17-10-7-15(8-11-17)20-14-22(21-12-9-16(23)13-19(20)21)26(24)18-5-3-2-4-6-18/h2-14,23H,1H3. The number of rotatable bonds is 4. The summed E-state index contributed by atoms with van der Waals surface area (Å²) in [6.07, 6.45) is 1.87. The fourth-order valence-electron chi connectivity index (χ4n) is 2.98. The molecule has 4 nitrogen and oxygen atoms in total. The van der Waals surface area contributed by atoms with Crippen LogP contribution >= 0.6 is 0 Å². The van der Waals surface area contributed by atoms with E-state index < -0.39 is 11.0 Å². The van der Waals surface area contributed by atoms with E-state index in [-0.39, 0.29) is 5.75 Å². The molecule has 0 aliphatic rings. The van der Waals surface area contributed by atoms with Gasteiger partial charge in [-0.25, -0.2) is 4.21 Å². The summed E-state index contributed by atoms with van der Waals surface area (Å²) < 4.78 is 20.0. The number of hydrogen-bond acceptors (Lipinski definition) is 3. The second-order valence-electron chi connectivity index (χ2n) is 5.86. The van der Waals surface area contributed by atoms with Crippen molar-refractivity contribution in [3.8, 4) is 22.6 Å². The molecule has 0 saturated carbocycles. The third-order valence-corrected chi connectivity index (χ3v) is 5.61. The largest absolute Gasteiger partial charge is 0.508 e. The summed E-state index contributed by atoms with van der Waals surface area (Å²) in [4.78, 5) is 0.721. The molecule has 0 saturated heterocycles. The lowest BCUT2D eigenvalue weighted by atomic mass is 10.0. The third kappa shape index (κ3) is 2.86. The molecule has 1 heterocycles. The molecule has 130 valence electrons. The fraction of sp³-hybridized carbons (Fsp3) is 0.0476. The maximum atomic E-state index is 13.1. The van der Waals surface area contributed by atoms with Crippen LogP contribution in [0.1, 0.15) is 0 Å². The van der Waals surface area contributed by atoms with E-state index in [0.29, 0.717) is 0 Å². The summed E-state index contributed by atoms with van der Waals surface area (Å²) >= 11 is 0. The third-order valence-electron chi connectivity index (χ3n) is 4.28. The Morgan fingerprint density at radius 2 is 1.69 bits per heavy atom. The van der Waals surface area contributed by atoms with Crippen molar-refractivity contribution in [2.75, 3.05) is 7.11 Å². The van der Waals surface area contributed by atoms with Gasteiger partial charge in [0.05, 0.1) is 17.5 Å². The number of phenols is 1. The van der Waals surface area contributed by atoms with Gasteiger partial charge in [0.2, 0.25) is 0 Å². The van der Waals surface area contributed by atoms with Crippen LogP contribution in [0.2, 0.25) is 0 Å². The molecule has 3 aromatic carbocycles. The van der Waals surface area contributed by atoms with Crippen LogP contribution < -0.4 is 4.74 Å². The maximum absolute atomic E-state index is 13.1. The van der Waals surface area contributed by atoms with E-state index in [2.05, 4.69) is 0 Å². The first-order chi connectivity index (χ1) is 12.7. The Kier molecular flexibility index (Phi) is 4.22. The van der Waals surface area contributed by atoms with Crippen molar-refractivity contribution in [2.24, 2.45) is 0 Å². The van der Waals surface area contributed by atoms with Gasteiger partial charge in [0, 0.05) is 17.1 Å². The van der Waals surface area contributed by atoms with E-state index >= 15 is 0 Å². The number of aromatic hydroxyl groups is 1. The molecule has 1 N–H and O–H groups in total. The minimum Gasteiger partial charge on any atom is -0.508 e. The summed E-state index contributed by atoms with van der Waals surface area (Å²) in [6, 6.07) is 22.1. The van der Waals surface area contributed by atoms with Crippen molar-refractivity contribution in [3.63, 3.8) is 0 Å². The number of fused-ring (bicyclic) bond motifs is 1. The Morgan fingerprint density at radius 1 is 0.962 bits per heavy atom. The van der Waals surface area contributed by atoms with Crippen molar-refractivity contribution in [2.45, 2.75) is 4.90 Å². The zero-order chi connectivity index (χ0) is 18.1. The van der Waals surface area contributed by atoms with Crippen LogP contribution in [0.15, 0.2) is 83.9 Å². The van der Waals surface area contributed by atoms with E-state index in [1.165, 1.54) is 0 Å². The lowest BCUT2D eigenvalue weighted by molar-refractivity contribution is 0.415. The van der Waals surface area contributed by atoms with Gasteiger partial charge in [0.25, 0.3) is 0 Å². The Morgan fingerprint density at radius 3 is 2.38 bits per heavy atom. The smallest absolute Gasteiger partial charge is 0.157 e. The van der Waals surface area contributed by atoms with Gasteiger partial charge < -0.3 is 9.84 Å². The topological polar surface area (TPSA) is 51.5 Å². The van der Waals surface area contributed by atoms with Crippen molar-refractivity contribution in [1.29, 1.82) is 0 Å². The molecule has 0 bridgehead atoms. The lowest BCUT2D eigenvalue weighted by Crippen LogP contribution is -2.02. The van der Waals surface area contributed by atoms with Crippen LogP contribution in [0.25, 0.3) is 22.0 Å². The quantitative estimate of drug-likeness (QED) is 0.577. The molecular weight excluding hydrogens is 346 g/mol. The molecule has 5 heteroatoms. The fourth-order valence-corrected chi connectivity index (χ4v) is 4.13. The van der Waals surface area contributed by atoms with Gasteiger partial charge in [-0.2, -0.15) is 0 Å². The Bertz CT molecular complexity index is 1090. The molecule has 1 aromatic heterocycles. The van der Waals surface area contributed by atoms with E-state index in [4.69, 9.17) is 4.74 Å². The first-order valence-electron chi connectivity index (χ1n) is 8.13. The predicted molar refractivity (Wildman–Crippen MR) is 104 cm³/mol. The molecule has 0 fully saturated rings. The number of hydrogen-bond donors (Lipinski definition) is 1. The van der Waals surface area contributed by atoms with Gasteiger partial charge >= 0.3 is 0 Å². The molecule has 4 aromatic rings. The van der Waals surface area contributed by atoms with E-state index in [1.807, 2.05) is 60.8 Å². The predicted octanol–water partition coefficient (Wildman–Crippen LogP) is 4.59.